The van der Waals surface area contributed by atoms with Crippen molar-refractivity contribution in [3.8, 4) is 5.75 Å². The number of carbonyl (C=O) groups excluding carboxylic acids is 2. The summed E-state index contributed by atoms with van der Waals surface area (Å²) in [6, 6.07) is 23.9. The van der Waals surface area contributed by atoms with E-state index in [9.17, 15) is 9.59 Å². The maximum atomic E-state index is 12.4. The van der Waals surface area contributed by atoms with E-state index in [2.05, 4.69) is 16.0 Å². The molecule has 0 heterocycles. The highest BCUT2D eigenvalue weighted by Crippen LogP contribution is 2.13. The smallest absolute Gasteiger partial charge is 0.251 e. The fourth-order valence-corrected chi connectivity index (χ4v) is 3.11. The first-order chi connectivity index (χ1) is 15.0. The monoisotopic (exact) mass is 433 g/mol. The molecular weight excluding hydrogens is 410 g/mol. The molecule has 0 saturated carbocycles. The number of benzene rings is 3. The molecule has 0 aliphatic heterocycles. The molecule has 0 aliphatic rings. The summed E-state index contributed by atoms with van der Waals surface area (Å²) in [6.45, 7) is 0.442. The topological polar surface area (TPSA) is 79.5 Å². The summed E-state index contributed by atoms with van der Waals surface area (Å²) in [7, 11) is 1.59. The molecule has 3 N–H and O–H groups in total. The van der Waals surface area contributed by atoms with Crippen LogP contribution in [0.3, 0.4) is 0 Å². The van der Waals surface area contributed by atoms with Gasteiger partial charge in [-0.2, -0.15) is 0 Å². The lowest BCUT2D eigenvalue weighted by Crippen LogP contribution is -2.35. The Morgan fingerprint density at radius 3 is 2.35 bits per heavy atom. The first-order valence-corrected chi connectivity index (χ1v) is 10.1. The Kier molecular flexibility index (Phi) is 7.73. The van der Waals surface area contributed by atoms with Gasteiger partial charge in [0.2, 0.25) is 5.91 Å². The second-order valence-corrected chi connectivity index (χ2v) is 7.18. The van der Waals surface area contributed by atoms with E-state index < -0.39 is 0 Å². The van der Waals surface area contributed by atoms with Crippen molar-refractivity contribution >= 4 is 34.8 Å². The Morgan fingerprint density at radius 1 is 0.903 bits per heavy atom. The third kappa shape index (κ3) is 6.94. The maximum Gasteiger partial charge on any atom is 0.251 e. The first kappa shape index (κ1) is 22.0. The number of thiocarbonyl (C=S) groups is 1. The lowest BCUT2D eigenvalue weighted by atomic mass is 10.1. The number of rotatable bonds is 7. The molecule has 7 heteroatoms. The highest BCUT2D eigenvalue weighted by molar-refractivity contribution is 7.80. The number of hydrogen-bond acceptors (Lipinski definition) is 4. The molecule has 0 bridgehead atoms. The van der Waals surface area contributed by atoms with Gasteiger partial charge in [0.05, 0.1) is 13.5 Å². The standard InChI is InChI=1S/C24H23N3O3S/c1-30-21-12-10-17(11-13-21)14-22(28)27-24(31)26-20-9-5-8-19(15-20)23(29)25-16-18-6-3-2-4-7-18/h2-13,15H,14,16H2,1H3,(H,25,29)(H2,26,27,28,31). The highest BCUT2D eigenvalue weighted by atomic mass is 32.1. The van der Waals surface area contributed by atoms with Crippen molar-refractivity contribution in [2.45, 2.75) is 13.0 Å². The van der Waals surface area contributed by atoms with Gasteiger partial charge >= 0.3 is 0 Å². The van der Waals surface area contributed by atoms with Crippen molar-refractivity contribution in [3.63, 3.8) is 0 Å². The third-order valence-electron chi connectivity index (χ3n) is 4.46. The fraction of sp³-hybridized carbons (Fsp3) is 0.125. The summed E-state index contributed by atoms with van der Waals surface area (Å²) in [4.78, 5) is 24.7. The van der Waals surface area contributed by atoms with E-state index in [0.29, 0.717) is 17.8 Å². The van der Waals surface area contributed by atoms with Gasteiger partial charge in [0, 0.05) is 17.8 Å². The van der Waals surface area contributed by atoms with Gasteiger partial charge < -0.3 is 20.7 Å². The van der Waals surface area contributed by atoms with Gasteiger partial charge in [0.15, 0.2) is 5.11 Å². The second kappa shape index (κ2) is 10.9. The van der Waals surface area contributed by atoms with E-state index in [1.54, 1.807) is 43.5 Å². The van der Waals surface area contributed by atoms with Gasteiger partial charge in [-0.15, -0.1) is 0 Å². The van der Waals surface area contributed by atoms with Gasteiger partial charge in [-0.25, -0.2) is 0 Å². The van der Waals surface area contributed by atoms with E-state index in [1.165, 1.54) is 0 Å². The van der Waals surface area contributed by atoms with E-state index >= 15 is 0 Å². The predicted octanol–water partition coefficient (Wildman–Crippen LogP) is 3.68. The summed E-state index contributed by atoms with van der Waals surface area (Å²) in [5.41, 5.74) is 2.97. The van der Waals surface area contributed by atoms with Crippen LogP contribution in [0.4, 0.5) is 5.69 Å². The zero-order valence-corrected chi connectivity index (χ0v) is 17.9. The van der Waals surface area contributed by atoms with E-state index in [0.717, 1.165) is 16.9 Å². The lowest BCUT2D eigenvalue weighted by Gasteiger charge is -2.11. The van der Waals surface area contributed by atoms with E-state index in [4.69, 9.17) is 17.0 Å². The third-order valence-corrected chi connectivity index (χ3v) is 4.66. The van der Waals surface area contributed by atoms with Crippen LogP contribution < -0.4 is 20.7 Å². The van der Waals surface area contributed by atoms with Gasteiger partial charge in [-0.3, -0.25) is 9.59 Å². The molecule has 3 aromatic rings. The number of carbonyl (C=O) groups is 2. The molecule has 3 rings (SSSR count). The van der Waals surface area contributed by atoms with Gasteiger partial charge in [-0.05, 0) is 53.7 Å². The van der Waals surface area contributed by atoms with E-state index in [1.807, 2.05) is 42.5 Å². The fourth-order valence-electron chi connectivity index (χ4n) is 2.88. The minimum atomic E-state index is -0.237. The molecule has 158 valence electrons. The van der Waals surface area contributed by atoms with Crippen LogP contribution in [0.15, 0.2) is 78.9 Å². The molecule has 6 nitrogen and oxygen atoms in total. The first-order valence-electron chi connectivity index (χ1n) is 9.69. The predicted molar refractivity (Wildman–Crippen MR) is 125 cm³/mol. The molecule has 0 aromatic heterocycles. The number of ether oxygens (including phenoxy) is 1. The van der Waals surface area contributed by atoms with Crippen molar-refractivity contribution in [2.24, 2.45) is 0 Å². The maximum absolute atomic E-state index is 12.4. The van der Waals surface area contributed by atoms with Crippen molar-refractivity contribution in [2.75, 3.05) is 12.4 Å². The Morgan fingerprint density at radius 2 is 1.65 bits per heavy atom. The number of methoxy groups -OCH3 is 1. The number of anilines is 1. The molecule has 0 radical (unpaired) electrons. The quantitative estimate of drug-likeness (QED) is 0.496. The molecular formula is C24H23N3O3S. The van der Waals surface area contributed by atoms with Gasteiger partial charge in [-0.1, -0.05) is 48.5 Å². The van der Waals surface area contributed by atoms with Crippen LogP contribution in [-0.2, 0) is 17.8 Å². The second-order valence-electron chi connectivity index (χ2n) is 6.78. The zero-order chi connectivity index (χ0) is 22.1. The van der Waals surface area contributed by atoms with Crippen LogP contribution in [0.25, 0.3) is 0 Å². The van der Waals surface area contributed by atoms with Gasteiger partial charge in [0.25, 0.3) is 5.91 Å². The Balaban J connectivity index is 1.51. The zero-order valence-electron chi connectivity index (χ0n) is 17.1. The summed E-state index contributed by atoms with van der Waals surface area (Å²) >= 11 is 5.23. The van der Waals surface area contributed by atoms with Crippen LogP contribution in [0.1, 0.15) is 21.5 Å². The van der Waals surface area contributed by atoms with Crippen molar-refractivity contribution in [1.82, 2.24) is 10.6 Å². The molecule has 0 saturated heterocycles. The summed E-state index contributed by atoms with van der Waals surface area (Å²) in [5.74, 6) is 0.301. The molecule has 0 fully saturated rings. The van der Waals surface area contributed by atoms with E-state index in [-0.39, 0.29) is 23.3 Å². The minimum Gasteiger partial charge on any atom is -0.497 e. The van der Waals surface area contributed by atoms with Crippen LogP contribution in [-0.4, -0.2) is 24.0 Å². The summed E-state index contributed by atoms with van der Waals surface area (Å²) in [6.07, 6.45) is 0.188. The number of amides is 2. The van der Waals surface area contributed by atoms with Crippen LogP contribution in [0.5, 0.6) is 5.75 Å². The summed E-state index contributed by atoms with van der Waals surface area (Å²) in [5, 5.41) is 8.65. The summed E-state index contributed by atoms with van der Waals surface area (Å²) < 4.78 is 5.11. The Bertz CT molecular complexity index is 1050. The van der Waals surface area contributed by atoms with Crippen LogP contribution in [0, 0.1) is 0 Å². The van der Waals surface area contributed by atoms with Crippen molar-refractivity contribution < 1.29 is 14.3 Å². The molecule has 0 atom stereocenters. The molecule has 31 heavy (non-hydrogen) atoms. The SMILES string of the molecule is COc1ccc(CC(=O)NC(=S)Nc2cccc(C(=O)NCc3ccccc3)c2)cc1. The van der Waals surface area contributed by atoms with Crippen molar-refractivity contribution in [3.05, 3.63) is 95.6 Å². The lowest BCUT2D eigenvalue weighted by molar-refractivity contribution is -0.119. The largest absolute Gasteiger partial charge is 0.497 e. The minimum absolute atomic E-state index is 0.167. The number of hydrogen-bond donors (Lipinski definition) is 3. The molecule has 2 amide bonds. The number of nitrogens with one attached hydrogen (secondary N) is 3. The van der Waals surface area contributed by atoms with Crippen LogP contribution >= 0.6 is 12.2 Å². The normalized spacial score (nSPS) is 10.1. The molecule has 3 aromatic carbocycles. The average Bonchev–Trinajstić information content (AvgIpc) is 2.78. The molecule has 0 spiro atoms. The highest BCUT2D eigenvalue weighted by Gasteiger charge is 2.09. The van der Waals surface area contributed by atoms with Crippen LogP contribution in [0.2, 0.25) is 0 Å². The van der Waals surface area contributed by atoms with Crippen molar-refractivity contribution in [1.29, 1.82) is 0 Å². The molecule has 0 unspecified atom stereocenters. The average molecular weight is 434 g/mol. The molecule has 0 aliphatic carbocycles. The Hall–Kier alpha value is -3.71. The van der Waals surface area contributed by atoms with Gasteiger partial charge in [0.1, 0.15) is 5.75 Å². The Labute approximate surface area is 186 Å².